The molecule has 0 radical (unpaired) electrons. The Kier molecular flexibility index (Phi) is 5.09. The Morgan fingerprint density at radius 2 is 1.30 bits per heavy atom. The van der Waals surface area contributed by atoms with Gasteiger partial charge in [0.2, 0.25) is 3.79 Å². The van der Waals surface area contributed by atoms with Crippen molar-refractivity contribution in [2.24, 2.45) is 0 Å². The fourth-order valence-corrected chi connectivity index (χ4v) is 2.90. The monoisotopic (exact) mass is 348 g/mol. The third-order valence-corrected chi connectivity index (χ3v) is 3.89. The highest BCUT2D eigenvalue weighted by Gasteiger charge is 2.35. The van der Waals surface area contributed by atoms with Crippen LogP contribution in [-0.4, -0.2) is 10.9 Å². The van der Waals surface area contributed by atoms with E-state index in [0.717, 1.165) is 16.9 Å². The lowest BCUT2D eigenvalue weighted by Gasteiger charge is -2.25. The van der Waals surface area contributed by atoms with E-state index in [9.17, 15) is 0 Å². The molecule has 0 unspecified atom stereocenters. The van der Waals surface area contributed by atoms with E-state index in [4.69, 9.17) is 51.1 Å². The molecule has 0 spiro atoms. The summed E-state index contributed by atoms with van der Waals surface area (Å²) in [4.78, 5) is 0. The topological polar surface area (TPSA) is 9.23 Å². The summed E-state index contributed by atoms with van der Waals surface area (Å²) in [7, 11) is 1.61. The Balaban J connectivity index is 2.44. The van der Waals surface area contributed by atoms with Crippen molar-refractivity contribution in [1.29, 1.82) is 0 Å². The van der Waals surface area contributed by atoms with Crippen LogP contribution in [0, 0.1) is 0 Å². The molecule has 0 saturated carbocycles. The van der Waals surface area contributed by atoms with Gasteiger partial charge in [-0.1, -0.05) is 70.7 Å². The van der Waals surface area contributed by atoms with Gasteiger partial charge in [0.25, 0.3) is 0 Å². The van der Waals surface area contributed by atoms with Crippen molar-refractivity contribution in [3.05, 3.63) is 64.7 Å². The van der Waals surface area contributed by atoms with Gasteiger partial charge in [-0.15, -0.1) is 0 Å². The molecule has 0 heterocycles. The second-order valence-electron chi connectivity index (χ2n) is 4.30. The van der Waals surface area contributed by atoms with Gasteiger partial charge in [-0.05, 0) is 35.4 Å². The number of hydrogen-bond donors (Lipinski definition) is 0. The van der Waals surface area contributed by atoms with Crippen molar-refractivity contribution in [2.45, 2.75) is 9.71 Å². The van der Waals surface area contributed by atoms with Gasteiger partial charge in [-0.3, -0.25) is 0 Å². The molecule has 0 N–H and O–H groups in total. The lowest BCUT2D eigenvalue weighted by Crippen LogP contribution is -2.18. The van der Waals surface area contributed by atoms with Gasteiger partial charge < -0.3 is 4.74 Å². The maximum Gasteiger partial charge on any atom is 0.201 e. The predicted octanol–water partition coefficient (Wildman–Crippen LogP) is 5.85. The maximum atomic E-state index is 6.15. The molecule has 0 fully saturated rings. The van der Waals surface area contributed by atoms with E-state index in [1.54, 1.807) is 19.2 Å². The number of halogens is 4. The van der Waals surface area contributed by atoms with E-state index in [1.165, 1.54) is 0 Å². The maximum absolute atomic E-state index is 6.15. The minimum absolute atomic E-state index is 0.379. The Morgan fingerprint density at radius 3 is 1.70 bits per heavy atom. The number of rotatable bonds is 3. The molecule has 0 bridgehead atoms. The third-order valence-electron chi connectivity index (χ3n) is 2.98. The molecule has 0 amide bonds. The van der Waals surface area contributed by atoms with Crippen molar-refractivity contribution in [3.63, 3.8) is 0 Å². The second-order valence-corrected chi connectivity index (χ2v) is 7.10. The van der Waals surface area contributed by atoms with Gasteiger partial charge in [0.05, 0.1) is 13.0 Å². The summed E-state index contributed by atoms with van der Waals surface area (Å²) in [5, 5.41) is 0.645. The molecule has 0 aromatic heterocycles. The summed E-state index contributed by atoms with van der Waals surface area (Å²) < 4.78 is 3.68. The minimum atomic E-state index is -1.46. The van der Waals surface area contributed by atoms with Crippen LogP contribution in [0.3, 0.4) is 0 Å². The van der Waals surface area contributed by atoms with Crippen LogP contribution in [0.2, 0.25) is 5.02 Å². The fourth-order valence-electron chi connectivity index (χ4n) is 2.02. The van der Waals surface area contributed by atoms with E-state index in [1.807, 2.05) is 36.4 Å². The van der Waals surface area contributed by atoms with Crippen LogP contribution in [0.4, 0.5) is 0 Å². The molecule has 2 rings (SSSR count). The summed E-state index contributed by atoms with van der Waals surface area (Å²) >= 11 is 24.3. The smallest absolute Gasteiger partial charge is 0.201 e. The van der Waals surface area contributed by atoms with Crippen molar-refractivity contribution in [3.8, 4) is 5.75 Å². The lowest BCUT2D eigenvalue weighted by molar-refractivity contribution is 0.414. The number of alkyl halides is 3. The molecule has 2 aromatic rings. The molecule has 106 valence electrons. The zero-order chi connectivity index (χ0) is 14.8. The van der Waals surface area contributed by atoms with Crippen LogP contribution in [0.15, 0.2) is 48.5 Å². The first-order valence-electron chi connectivity index (χ1n) is 5.88. The van der Waals surface area contributed by atoms with Crippen LogP contribution in [0.1, 0.15) is 17.0 Å². The predicted molar refractivity (Wildman–Crippen MR) is 86.6 cm³/mol. The van der Waals surface area contributed by atoms with Crippen LogP contribution in [0.5, 0.6) is 5.75 Å². The standard InChI is InChI=1S/C15H12Cl4O/c1-20-13-8-4-11(5-9-13)14(15(17,18)19)10-2-6-12(16)7-3-10/h2-9,14H,1H3/t14-/m1/s1. The van der Waals surface area contributed by atoms with E-state index in [-0.39, 0.29) is 5.92 Å². The second kappa shape index (κ2) is 6.44. The van der Waals surface area contributed by atoms with Crippen LogP contribution in [-0.2, 0) is 0 Å². The summed E-state index contributed by atoms with van der Waals surface area (Å²) in [5.41, 5.74) is 1.78. The molecule has 5 heteroatoms. The highest BCUT2D eigenvalue weighted by molar-refractivity contribution is 6.68. The number of ether oxygens (including phenoxy) is 1. The van der Waals surface area contributed by atoms with Gasteiger partial charge in [0.15, 0.2) is 0 Å². The average molecular weight is 350 g/mol. The molecule has 1 nitrogen and oxygen atoms in total. The van der Waals surface area contributed by atoms with Crippen molar-refractivity contribution in [2.75, 3.05) is 7.11 Å². The normalized spacial score (nSPS) is 13.1. The highest BCUT2D eigenvalue weighted by atomic mass is 35.6. The largest absolute Gasteiger partial charge is 0.497 e. The van der Waals surface area contributed by atoms with Gasteiger partial charge in [0, 0.05) is 5.02 Å². The Morgan fingerprint density at radius 1 is 0.850 bits per heavy atom. The lowest BCUT2D eigenvalue weighted by atomic mass is 9.92. The average Bonchev–Trinajstić information content (AvgIpc) is 2.41. The summed E-state index contributed by atoms with van der Waals surface area (Å²) in [6.45, 7) is 0. The van der Waals surface area contributed by atoms with Crippen molar-refractivity contribution in [1.82, 2.24) is 0 Å². The Hall–Kier alpha value is -0.600. The summed E-state index contributed by atoms with van der Waals surface area (Å²) in [5.74, 6) is 0.378. The van der Waals surface area contributed by atoms with Gasteiger partial charge >= 0.3 is 0 Å². The van der Waals surface area contributed by atoms with Gasteiger partial charge in [-0.2, -0.15) is 0 Å². The quantitative estimate of drug-likeness (QED) is 0.631. The fraction of sp³-hybridized carbons (Fsp3) is 0.200. The highest BCUT2D eigenvalue weighted by Crippen LogP contribution is 2.46. The Bertz CT molecular complexity index is 558. The van der Waals surface area contributed by atoms with E-state index in [0.29, 0.717) is 5.02 Å². The van der Waals surface area contributed by atoms with Gasteiger partial charge in [-0.25, -0.2) is 0 Å². The first kappa shape index (κ1) is 15.8. The third kappa shape index (κ3) is 3.73. The molecule has 0 aliphatic heterocycles. The van der Waals surface area contributed by atoms with E-state index >= 15 is 0 Å². The molecular weight excluding hydrogens is 338 g/mol. The van der Waals surface area contributed by atoms with E-state index in [2.05, 4.69) is 0 Å². The first-order valence-corrected chi connectivity index (χ1v) is 7.39. The van der Waals surface area contributed by atoms with Crippen LogP contribution < -0.4 is 4.74 Å². The number of hydrogen-bond acceptors (Lipinski definition) is 1. The zero-order valence-electron chi connectivity index (χ0n) is 10.6. The van der Waals surface area contributed by atoms with E-state index < -0.39 is 3.79 Å². The Labute approximate surface area is 138 Å². The molecule has 0 aliphatic rings. The van der Waals surface area contributed by atoms with Crippen molar-refractivity contribution < 1.29 is 4.74 Å². The molecule has 20 heavy (non-hydrogen) atoms. The molecule has 0 saturated heterocycles. The van der Waals surface area contributed by atoms with Crippen LogP contribution in [0.25, 0.3) is 0 Å². The number of benzene rings is 2. The number of methoxy groups -OCH3 is 1. The van der Waals surface area contributed by atoms with Crippen molar-refractivity contribution >= 4 is 46.4 Å². The molecule has 2 aromatic carbocycles. The zero-order valence-corrected chi connectivity index (χ0v) is 13.6. The molecule has 0 aliphatic carbocycles. The first-order chi connectivity index (χ1) is 9.41. The van der Waals surface area contributed by atoms with Crippen LogP contribution >= 0.6 is 46.4 Å². The SMILES string of the molecule is COc1ccc([C@@H](c2ccc(Cl)cc2)C(Cl)(Cl)Cl)cc1. The molecule has 1 atom stereocenters. The summed E-state index contributed by atoms with van der Waals surface area (Å²) in [6, 6.07) is 14.7. The molecular formula is C15H12Cl4O. The summed E-state index contributed by atoms with van der Waals surface area (Å²) in [6.07, 6.45) is 0. The van der Waals surface area contributed by atoms with Gasteiger partial charge in [0.1, 0.15) is 5.75 Å². The minimum Gasteiger partial charge on any atom is -0.497 e.